The number of carbonyl (C=O) groups excluding carboxylic acids is 1. The molecule has 0 aromatic heterocycles. The Kier molecular flexibility index (Phi) is 3.75. The quantitative estimate of drug-likeness (QED) is 0.647. The van der Waals surface area contributed by atoms with Gasteiger partial charge in [-0.3, -0.25) is 4.79 Å². The predicted molar refractivity (Wildman–Crippen MR) is 49.8 cm³/mol. The van der Waals surface area contributed by atoms with E-state index < -0.39 is 5.92 Å². The molecule has 0 aromatic carbocycles. The van der Waals surface area contributed by atoms with E-state index in [0.29, 0.717) is 6.42 Å². The molecule has 1 heterocycles. The number of hydrogen-bond acceptors (Lipinski definition) is 2. The Bertz CT molecular complexity index is 213. The van der Waals surface area contributed by atoms with Crippen LogP contribution in [0.3, 0.4) is 0 Å². The lowest BCUT2D eigenvalue weighted by Crippen LogP contribution is -2.39. The first kappa shape index (κ1) is 10.0. The van der Waals surface area contributed by atoms with Crippen molar-refractivity contribution in [1.82, 2.24) is 4.90 Å². The summed E-state index contributed by atoms with van der Waals surface area (Å²) in [6.07, 6.45) is 4.03. The summed E-state index contributed by atoms with van der Waals surface area (Å²) in [5.74, 6) is -0.386. The lowest BCUT2D eigenvalue weighted by molar-refractivity contribution is -0.134. The number of hydrogen-bond donors (Lipinski definition) is 0. The van der Waals surface area contributed by atoms with Gasteiger partial charge in [-0.1, -0.05) is 6.92 Å². The van der Waals surface area contributed by atoms with Gasteiger partial charge in [0.15, 0.2) is 0 Å². The predicted octanol–water partition coefficient (Wildman–Crippen LogP) is 1.55. The molecular formula is C10H16N2O. The summed E-state index contributed by atoms with van der Waals surface area (Å²) in [5, 5.41) is 8.73. The maximum absolute atomic E-state index is 11.7. The fourth-order valence-electron chi connectivity index (χ4n) is 1.66. The first-order valence-corrected chi connectivity index (χ1v) is 4.98. The lowest BCUT2D eigenvalue weighted by atomic mass is 10.0. The van der Waals surface area contributed by atoms with Crippen molar-refractivity contribution < 1.29 is 4.79 Å². The van der Waals surface area contributed by atoms with Crippen LogP contribution >= 0.6 is 0 Å². The number of rotatable bonds is 2. The summed E-state index contributed by atoms with van der Waals surface area (Å²) in [7, 11) is 0. The Labute approximate surface area is 79.3 Å². The van der Waals surface area contributed by atoms with Crippen LogP contribution < -0.4 is 0 Å². The van der Waals surface area contributed by atoms with E-state index >= 15 is 0 Å². The summed E-state index contributed by atoms with van der Waals surface area (Å²) in [6.45, 7) is 3.57. The van der Waals surface area contributed by atoms with E-state index in [0.717, 1.165) is 25.9 Å². The SMILES string of the molecule is CCC(C#N)C(=O)N1CCCCC1. The molecule has 0 saturated carbocycles. The highest BCUT2D eigenvalue weighted by atomic mass is 16.2. The van der Waals surface area contributed by atoms with Crippen LogP contribution in [0.5, 0.6) is 0 Å². The van der Waals surface area contributed by atoms with Gasteiger partial charge < -0.3 is 4.90 Å². The highest BCUT2D eigenvalue weighted by molar-refractivity contribution is 5.81. The van der Waals surface area contributed by atoms with Gasteiger partial charge >= 0.3 is 0 Å². The maximum atomic E-state index is 11.7. The Balaban J connectivity index is 2.50. The molecule has 1 aliphatic heterocycles. The van der Waals surface area contributed by atoms with E-state index in [1.54, 1.807) is 0 Å². The van der Waals surface area contributed by atoms with E-state index in [4.69, 9.17) is 5.26 Å². The molecule has 0 N–H and O–H groups in total. The molecule has 3 heteroatoms. The first-order valence-electron chi connectivity index (χ1n) is 4.98. The third kappa shape index (κ3) is 2.45. The third-order valence-electron chi connectivity index (χ3n) is 2.53. The molecule has 3 nitrogen and oxygen atoms in total. The number of nitrogens with zero attached hydrogens (tertiary/aromatic N) is 2. The van der Waals surface area contributed by atoms with Crippen LogP contribution in [0.15, 0.2) is 0 Å². The number of piperidine rings is 1. The minimum atomic E-state index is -0.418. The number of carbonyl (C=O) groups is 1. The molecule has 0 bridgehead atoms. The molecule has 1 fully saturated rings. The van der Waals surface area contributed by atoms with Crippen molar-refractivity contribution in [1.29, 1.82) is 5.26 Å². The van der Waals surface area contributed by atoms with Crippen molar-refractivity contribution in [3.63, 3.8) is 0 Å². The minimum Gasteiger partial charge on any atom is -0.342 e. The highest BCUT2D eigenvalue weighted by Gasteiger charge is 2.23. The van der Waals surface area contributed by atoms with Crippen molar-refractivity contribution in [2.75, 3.05) is 13.1 Å². The number of amides is 1. The molecule has 1 rings (SSSR count). The van der Waals surface area contributed by atoms with Gasteiger partial charge in [-0.05, 0) is 25.7 Å². The van der Waals surface area contributed by atoms with E-state index in [9.17, 15) is 4.79 Å². The molecule has 1 aliphatic rings. The van der Waals surface area contributed by atoms with Crippen LogP contribution in [0.4, 0.5) is 0 Å². The second-order valence-electron chi connectivity index (χ2n) is 3.48. The summed E-state index contributed by atoms with van der Waals surface area (Å²) >= 11 is 0. The molecule has 72 valence electrons. The largest absolute Gasteiger partial charge is 0.342 e. The average molecular weight is 180 g/mol. The van der Waals surface area contributed by atoms with Gasteiger partial charge in [0, 0.05) is 13.1 Å². The lowest BCUT2D eigenvalue weighted by Gasteiger charge is -2.28. The minimum absolute atomic E-state index is 0.0321. The molecule has 0 aromatic rings. The van der Waals surface area contributed by atoms with E-state index in [2.05, 4.69) is 6.07 Å². The van der Waals surface area contributed by atoms with Crippen LogP contribution in [0, 0.1) is 17.2 Å². The Morgan fingerprint density at radius 1 is 1.46 bits per heavy atom. The van der Waals surface area contributed by atoms with Gasteiger partial charge in [0.1, 0.15) is 5.92 Å². The molecule has 1 amide bonds. The van der Waals surface area contributed by atoms with Gasteiger partial charge in [-0.25, -0.2) is 0 Å². The second-order valence-corrected chi connectivity index (χ2v) is 3.48. The second kappa shape index (κ2) is 4.86. The zero-order valence-electron chi connectivity index (χ0n) is 8.12. The van der Waals surface area contributed by atoms with Gasteiger partial charge in [0.25, 0.3) is 0 Å². The Morgan fingerprint density at radius 2 is 2.08 bits per heavy atom. The smallest absolute Gasteiger partial charge is 0.239 e. The van der Waals surface area contributed by atoms with Gasteiger partial charge in [0.05, 0.1) is 6.07 Å². The standard InChI is InChI=1S/C10H16N2O/c1-2-9(8-11)10(13)12-6-4-3-5-7-12/h9H,2-7H2,1H3. The Hall–Kier alpha value is -1.04. The van der Waals surface area contributed by atoms with Crippen molar-refractivity contribution in [3.8, 4) is 6.07 Å². The molecule has 13 heavy (non-hydrogen) atoms. The third-order valence-corrected chi connectivity index (χ3v) is 2.53. The van der Waals surface area contributed by atoms with Crippen LogP contribution in [-0.4, -0.2) is 23.9 Å². The molecule has 0 aliphatic carbocycles. The van der Waals surface area contributed by atoms with E-state index in [1.807, 2.05) is 11.8 Å². The highest BCUT2D eigenvalue weighted by Crippen LogP contribution is 2.13. The fourth-order valence-corrected chi connectivity index (χ4v) is 1.66. The molecular weight excluding hydrogens is 164 g/mol. The molecule has 0 spiro atoms. The number of likely N-dealkylation sites (tertiary alicyclic amines) is 1. The van der Waals surface area contributed by atoms with Gasteiger partial charge in [-0.2, -0.15) is 5.26 Å². The van der Waals surface area contributed by atoms with Crippen LogP contribution in [0.25, 0.3) is 0 Å². The van der Waals surface area contributed by atoms with Crippen molar-refractivity contribution in [3.05, 3.63) is 0 Å². The number of nitriles is 1. The van der Waals surface area contributed by atoms with Crippen LogP contribution in [0.1, 0.15) is 32.6 Å². The maximum Gasteiger partial charge on any atom is 0.239 e. The molecule has 1 atom stereocenters. The molecule has 1 unspecified atom stereocenters. The van der Waals surface area contributed by atoms with Gasteiger partial charge in [-0.15, -0.1) is 0 Å². The monoisotopic (exact) mass is 180 g/mol. The molecule has 1 saturated heterocycles. The van der Waals surface area contributed by atoms with E-state index in [1.165, 1.54) is 6.42 Å². The Morgan fingerprint density at radius 3 is 2.54 bits per heavy atom. The fraction of sp³-hybridized carbons (Fsp3) is 0.800. The summed E-state index contributed by atoms with van der Waals surface area (Å²) in [4.78, 5) is 13.5. The summed E-state index contributed by atoms with van der Waals surface area (Å²) in [6, 6.07) is 2.06. The summed E-state index contributed by atoms with van der Waals surface area (Å²) in [5.41, 5.74) is 0. The van der Waals surface area contributed by atoms with Crippen LogP contribution in [-0.2, 0) is 4.79 Å². The summed E-state index contributed by atoms with van der Waals surface area (Å²) < 4.78 is 0. The van der Waals surface area contributed by atoms with Crippen molar-refractivity contribution in [2.45, 2.75) is 32.6 Å². The zero-order chi connectivity index (χ0) is 9.68. The topological polar surface area (TPSA) is 44.1 Å². The average Bonchev–Trinajstić information content (AvgIpc) is 2.21. The van der Waals surface area contributed by atoms with Crippen LogP contribution in [0.2, 0.25) is 0 Å². The van der Waals surface area contributed by atoms with Crippen molar-refractivity contribution in [2.24, 2.45) is 5.92 Å². The van der Waals surface area contributed by atoms with Gasteiger partial charge in [0.2, 0.25) is 5.91 Å². The van der Waals surface area contributed by atoms with E-state index in [-0.39, 0.29) is 5.91 Å². The van der Waals surface area contributed by atoms with Crippen molar-refractivity contribution >= 4 is 5.91 Å². The zero-order valence-corrected chi connectivity index (χ0v) is 8.12. The molecule has 0 radical (unpaired) electrons. The normalized spacial score (nSPS) is 19.2. The first-order chi connectivity index (χ1) is 6.29.